The lowest BCUT2D eigenvalue weighted by molar-refractivity contribution is 0.0345. The molecule has 1 aliphatic rings. The number of rotatable bonds is 1. The molecular weight excluding hydrogens is 323 g/mol. The van der Waals surface area contributed by atoms with Crippen molar-refractivity contribution in [2.75, 3.05) is 13.1 Å². The second-order valence-electron chi connectivity index (χ2n) is 4.98. The highest BCUT2D eigenvalue weighted by molar-refractivity contribution is 14.1. The number of nitrogens with one attached hydrogen (secondary N) is 1. The molecule has 6 heteroatoms. The summed E-state index contributed by atoms with van der Waals surface area (Å²) in [5.41, 5.74) is -0.506. The van der Waals surface area contributed by atoms with E-state index in [1.54, 1.807) is 0 Å². The van der Waals surface area contributed by atoms with Gasteiger partial charge in [-0.1, -0.05) is 0 Å². The first-order valence-electron chi connectivity index (χ1n) is 5.36. The molecule has 0 aliphatic carbocycles. The van der Waals surface area contributed by atoms with Gasteiger partial charge in [0.2, 0.25) is 0 Å². The number of aliphatic hydroxyl groups excluding tert-OH is 1. The molecule has 16 heavy (non-hydrogen) atoms. The zero-order valence-corrected chi connectivity index (χ0v) is 12.0. The summed E-state index contributed by atoms with van der Waals surface area (Å²) in [7, 11) is 0. The van der Waals surface area contributed by atoms with Crippen LogP contribution in [0.1, 0.15) is 27.2 Å². The van der Waals surface area contributed by atoms with Gasteiger partial charge >= 0.3 is 6.09 Å². The molecule has 5 nitrogen and oxygen atoms in total. The van der Waals surface area contributed by atoms with E-state index in [1.807, 2.05) is 23.9 Å². The Kier molecular flexibility index (Phi) is 4.81. The van der Waals surface area contributed by atoms with Gasteiger partial charge in [-0.3, -0.25) is 0 Å². The van der Waals surface area contributed by atoms with Crippen LogP contribution in [0, 0.1) is 0 Å². The Bertz CT molecular complexity index is 255. The van der Waals surface area contributed by atoms with Gasteiger partial charge in [-0.05, 0) is 27.2 Å². The SMILES string of the molecule is CC(C)(C)OC(=O)N[C@@H]1CN(I)CC[C@@H]1O. The Morgan fingerprint density at radius 2 is 2.19 bits per heavy atom. The highest BCUT2D eigenvalue weighted by atomic mass is 127. The maximum Gasteiger partial charge on any atom is 0.408 e. The number of hydrogen-bond donors (Lipinski definition) is 2. The van der Waals surface area contributed by atoms with E-state index in [0.717, 1.165) is 6.54 Å². The van der Waals surface area contributed by atoms with Gasteiger partial charge in [0.15, 0.2) is 0 Å². The summed E-state index contributed by atoms with van der Waals surface area (Å²) < 4.78 is 7.19. The minimum absolute atomic E-state index is 0.250. The number of aliphatic hydroxyl groups is 1. The van der Waals surface area contributed by atoms with Crippen LogP contribution >= 0.6 is 22.9 Å². The largest absolute Gasteiger partial charge is 0.444 e. The number of nitrogens with zero attached hydrogens (tertiary/aromatic N) is 1. The van der Waals surface area contributed by atoms with Crippen molar-refractivity contribution in [1.29, 1.82) is 0 Å². The summed E-state index contributed by atoms with van der Waals surface area (Å²) in [4.78, 5) is 11.5. The Morgan fingerprint density at radius 1 is 1.56 bits per heavy atom. The molecular formula is C10H19IN2O3. The van der Waals surface area contributed by atoms with E-state index in [9.17, 15) is 9.90 Å². The molecule has 1 amide bonds. The highest BCUT2D eigenvalue weighted by Gasteiger charge is 2.29. The summed E-state index contributed by atoms with van der Waals surface area (Å²) in [5.74, 6) is 0. The highest BCUT2D eigenvalue weighted by Crippen LogP contribution is 2.15. The number of alkyl carbamates (subject to hydrolysis) is 1. The second-order valence-corrected chi connectivity index (χ2v) is 6.34. The van der Waals surface area contributed by atoms with Crippen molar-refractivity contribution in [1.82, 2.24) is 8.43 Å². The minimum atomic E-state index is -0.506. The van der Waals surface area contributed by atoms with Gasteiger partial charge < -0.3 is 15.2 Å². The van der Waals surface area contributed by atoms with Gasteiger partial charge in [-0.25, -0.2) is 7.91 Å². The first-order chi connectivity index (χ1) is 7.28. The molecule has 0 aromatic carbocycles. The molecule has 94 valence electrons. The molecule has 1 fully saturated rings. The predicted molar refractivity (Wildman–Crippen MR) is 69.4 cm³/mol. The van der Waals surface area contributed by atoms with Crippen LogP contribution in [-0.4, -0.2) is 45.1 Å². The van der Waals surface area contributed by atoms with Gasteiger partial charge in [0.05, 0.1) is 12.1 Å². The van der Waals surface area contributed by atoms with Crippen molar-refractivity contribution < 1.29 is 14.6 Å². The fourth-order valence-electron chi connectivity index (χ4n) is 1.50. The van der Waals surface area contributed by atoms with Crippen LogP contribution in [-0.2, 0) is 4.74 Å². The summed E-state index contributed by atoms with van der Waals surface area (Å²) in [6.45, 7) is 6.92. The Balaban J connectivity index is 2.43. The van der Waals surface area contributed by atoms with E-state index in [0.29, 0.717) is 13.0 Å². The van der Waals surface area contributed by atoms with Crippen molar-refractivity contribution in [2.24, 2.45) is 0 Å². The molecule has 0 unspecified atom stereocenters. The van der Waals surface area contributed by atoms with Gasteiger partial charge in [-0.2, -0.15) is 0 Å². The standard InChI is InChI=1S/C10H19IN2O3/c1-10(2,3)16-9(15)12-7-6-13(11)5-4-8(7)14/h7-8,14H,4-6H2,1-3H3,(H,12,15)/t7-,8+/m1/s1. The van der Waals surface area contributed by atoms with E-state index in [2.05, 4.69) is 28.2 Å². The molecule has 1 saturated heterocycles. The lowest BCUT2D eigenvalue weighted by atomic mass is 10.0. The van der Waals surface area contributed by atoms with Gasteiger partial charge in [0, 0.05) is 36.0 Å². The third-order valence-corrected chi connectivity index (χ3v) is 3.11. The molecule has 0 saturated carbocycles. The van der Waals surface area contributed by atoms with Crippen molar-refractivity contribution >= 4 is 29.0 Å². The maximum absolute atomic E-state index is 11.5. The van der Waals surface area contributed by atoms with Crippen LogP contribution in [0.2, 0.25) is 0 Å². The third kappa shape index (κ3) is 4.84. The van der Waals surface area contributed by atoms with Gasteiger partial charge in [0.25, 0.3) is 0 Å². The summed E-state index contributed by atoms with van der Waals surface area (Å²) >= 11 is 2.19. The summed E-state index contributed by atoms with van der Waals surface area (Å²) in [6.07, 6.45) is -0.287. The topological polar surface area (TPSA) is 61.8 Å². The monoisotopic (exact) mass is 342 g/mol. The fourth-order valence-corrected chi connectivity index (χ4v) is 2.20. The molecule has 1 rings (SSSR count). The Labute approximate surface area is 110 Å². The molecule has 0 spiro atoms. The zero-order chi connectivity index (χ0) is 12.3. The number of halogens is 1. The van der Waals surface area contributed by atoms with Gasteiger partial charge in [-0.15, -0.1) is 0 Å². The van der Waals surface area contributed by atoms with E-state index >= 15 is 0 Å². The fraction of sp³-hybridized carbons (Fsp3) is 0.900. The second kappa shape index (κ2) is 5.50. The molecule has 0 bridgehead atoms. The van der Waals surface area contributed by atoms with Crippen molar-refractivity contribution in [3.05, 3.63) is 0 Å². The van der Waals surface area contributed by atoms with Crippen LogP contribution in [0.5, 0.6) is 0 Å². The average molecular weight is 342 g/mol. The Hall–Kier alpha value is -0.0800. The molecule has 0 aromatic heterocycles. The smallest absolute Gasteiger partial charge is 0.408 e. The summed E-state index contributed by atoms with van der Waals surface area (Å²) in [5, 5.41) is 12.4. The quantitative estimate of drug-likeness (QED) is 0.557. The normalized spacial score (nSPS) is 27.6. The third-order valence-electron chi connectivity index (χ3n) is 2.23. The van der Waals surface area contributed by atoms with Crippen LogP contribution in [0.15, 0.2) is 0 Å². The first-order valence-corrected chi connectivity index (χ1v) is 6.33. The van der Waals surface area contributed by atoms with Gasteiger partial charge in [0.1, 0.15) is 5.60 Å². The molecule has 0 aromatic rings. The van der Waals surface area contributed by atoms with Crippen molar-refractivity contribution in [3.63, 3.8) is 0 Å². The average Bonchev–Trinajstić information content (AvgIpc) is 2.08. The Morgan fingerprint density at radius 3 is 2.75 bits per heavy atom. The number of amides is 1. The van der Waals surface area contributed by atoms with Crippen LogP contribution < -0.4 is 5.32 Å². The number of hydrogen-bond acceptors (Lipinski definition) is 4. The molecule has 1 aliphatic heterocycles. The molecule has 1 heterocycles. The van der Waals surface area contributed by atoms with Crippen molar-refractivity contribution in [2.45, 2.75) is 44.9 Å². The lowest BCUT2D eigenvalue weighted by Gasteiger charge is -2.33. The number of piperidine rings is 1. The van der Waals surface area contributed by atoms with E-state index in [4.69, 9.17) is 4.74 Å². The molecule has 0 radical (unpaired) electrons. The molecule has 2 atom stereocenters. The van der Waals surface area contributed by atoms with Crippen molar-refractivity contribution in [3.8, 4) is 0 Å². The maximum atomic E-state index is 11.5. The van der Waals surface area contributed by atoms with E-state index < -0.39 is 17.8 Å². The number of carbonyl (C=O) groups is 1. The van der Waals surface area contributed by atoms with Crippen LogP contribution in [0.3, 0.4) is 0 Å². The summed E-state index contributed by atoms with van der Waals surface area (Å²) in [6, 6.07) is -0.250. The predicted octanol–water partition coefficient (Wildman–Crippen LogP) is 1.30. The van der Waals surface area contributed by atoms with Crippen LogP contribution in [0.25, 0.3) is 0 Å². The van der Waals surface area contributed by atoms with E-state index in [-0.39, 0.29) is 6.04 Å². The number of carbonyl (C=O) groups excluding carboxylic acids is 1. The van der Waals surface area contributed by atoms with E-state index in [1.165, 1.54) is 0 Å². The lowest BCUT2D eigenvalue weighted by Crippen LogP contribution is -2.53. The molecule has 2 N–H and O–H groups in total. The first kappa shape index (κ1) is 14.0. The van der Waals surface area contributed by atoms with Crippen LogP contribution in [0.4, 0.5) is 4.79 Å². The zero-order valence-electron chi connectivity index (χ0n) is 9.86. The minimum Gasteiger partial charge on any atom is -0.444 e. The number of ether oxygens (including phenoxy) is 1.